The van der Waals surface area contributed by atoms with Gasteiger partial charge in [0.15, 0.2) is 0 Å². The zero-order chi connectivity index (χ0) is 17.9. The molecule has 0 fully saturated rings. The summed E-state index contributed by atoms with van der Waals surface area (Å²) in [5.41, 5.74) is -0.186. The average molecular weight is 367 g/mol. The average Bonchev–Trinajstić information content (AvgIpc) is 2.49. The number of carbonyl (C=O) groups excluding carboxylic acids is 1. The lowest BCUT2D eigenvalue weighted by molar-refractivity contribution is -0.498. The van der Waals surface area contributed by atoms with Gasteiger partial charge in [-0.1, -0.05) is 16.9 Å². The number of nitrogens with zero attached hydrogens (tertiary/aromatic N) is 1. The van der Waals surface area contributed by atoms with E-state index >= 15 is 0 Å². The molecular formula is C13H10ClF3N2O5. The number of ether oxygens (including phenoxy) is 2. The third-order valence-electron chi connectivity index (χ3n) is 2.97. The Morgan fingerprint density at radius 2 is 2.21 bits per heavy atom. The molecule has 2 rings (SSSR count). The number of carbonyl (C=O) groups is 1. The van der Waals surface area contributed by atoms with Gasteiger partial charge in [-0.3, -0.25) is 0 Å². The van der Waals surface area contributed by atoms with Gasteiger partial charge in [0, 0.05) is 10.6 Å². The molecule has 130 valence electrons. The van der Waals surface area contributed by atoms with Crippen LogP contribution in [-0.2, 0) is 14.4 Å². The molecule has 0 unspecified atom stereocenters. The van der Waals surface area contributed by atoms with Crippen LogP contribution in [0.25, 0.3) is 6.08 Å². The summed E-state index contributed by atoms with van der Waals surface area (Å²) >= 11 is 5.86. The molecular weight excluding hydrogens is 357 g/mol. The third-order valence-corrected chi connectivity index (χ3v) is 3.19. The fourth-order valence-corrected chi connectivity index (χ4v) is 2.35. The van der Waals surface area contributed by atoms with Gasteiger partial charge >= 0.3 is 12.1 Å². The van der Waals surface area contributed by atoms with E-state index in [1.54, 1.807) is 0 Å². The van der Waals surface area contributed by atoms with Crippen molar-refractivity contribution in [2.24, 2.45) is 5.28 Å². The number of esters is 1. The van der Waals surface area contributed by atoms with Crippen LogP contribution in [0.4, 0.5) is 13.2 Å². The number of halogens is 4. The highest BCUT2D eigenvalue weighted by Crippen LogP contribution is 2.40. The fourth-order valence-electron chi connectivity index (χ4n) is 2.07. The van der Waals surface area contributed by atoms with Gasteiger partial charge in [0.2, 0.25) is 11.4 Å². The summed E-state index contributed by atoms with van der Waals surface area (Å²) in [6.45, 7) is 0.679. The molecule has 1 N–H and O–H groups in total. The smallest absolute Gasteiger partial charge is 0.430 e. The predicted molar refractivity (Wildman–Crippen MR) is 73.4 cm³/mol. The molecule has 0 radical (unpaired) electrons. The van der Waals surface area contributed by atoms with E-state index in [-0.39, 0.29) is 16.3 Å². The fraction of sp³-hybridized carbons (Fsp3) is 0.308. The van der Waals surface area contributed by atoms with E-state index in [2.05, 4.69) is 14.9 Å². The molecule has 0 bridgehead atoms. The topological polar surface area (TPSA) is 94.2 Å². The van der Waals surface area contributed by atoms with E-state index in [9.17, 15) is 23.2 Å². The second-order valence-corrected chi connectivity index (χ2v) is 5.08. The summed E-state index contributed by atoms with van der Waals surface area (Å²) in [6.07, 6.45) is -6.37. The Morgan fingerprint density at radius 3 is 2.83 bits per heavy atom. The van der Waals surface area contributed by atoms with E-state index < -0.39 is 30.6 Å². The maximum Gasteiger partial charge on any atom is 0.430 e. The van der Waals surface area contributed by atoms with Crippen LogP contribution in [0.15, 0.2) is 23.0 Å². The summed E-state index contributed by atoms with van der Waals surface area (Å²) in [4.78, 5) is 16.0. The van der Waals surface area contributed by atoms with Crippen LogP contribution < -0.4 is 10.0 Å². The quantitative estimate of drug-likeness (QED) is 0.288. The summed E-state index contributed by atoms with van der Waals surface area (Å²) in [5, 5.41) is 13.7. The number of aryl methyl sites for hydroxylation is 1. The molecule has 0 spiro atoms. The molecule has 0 aromatic heterocycles. The van der Waals surface area contributed by atoms with Crippen LogP contribution in [-0.4, -0.2) is 25.0 Å². The van der Waals surface area contributed by atoms with Gasteiger partial charge in [0.25, 0.3) is 6.79 Å². The molecule has 1 atom stereocenters. The van der Waals surface area contributed by atoms with E-state index in [0.29, 0.717) is 5.56 Å². The first-order chi connectivity index (χ1) is 11.2. The Kier molecular flexibility index (Phi) is 5.17. The largest absolute Gasteiger partial charge is 0.599 e. The molecule has 0 amide bonds. The summed E-state index contributed by atoms with van der Waals surface area (Å²) in [5.74, 6) is -1.36. The van der Waals surface area contributed by atoms with Crippen molar-refractivity contribution in [1.82, 2.24) is 0 Å². The van der Waals surface area contributed by atoms with Crippen molar-refractivity contribution < 1.29 is 37.6 Å². The normalized spacial score (nSPS) is 17.0. The first kappa shape index (κ1) is 17.9. The number of hydrogen-bond acceptors (Lipinski definition) is 6. The van der Waals surface area contributed by atoms with Crippen molar-refractivity contribution in [2.75, 3.05) is 6.79 Å². The summed E-state index contributed by atoms with van der Waals surface area (Å²) in [7, 11) is 0. The first-order valence-corrected chi connectivity index (χ1v) is 6.73. The molecule has 0 saturated heterocycles. The number of rotatable bonds is 4. The predicted octanol–water partition coefficient (Wildman–Crippen LogP) is 1.82. The van der Waals surface area contributed by atoms with Crippen molar-refractivity contribution >= 4 is 23.6 Å². The van der Waals surface area contributed by atoms with Gasteiger partial charge < -0.3 is 19.5 Å². The number of benzene rings is 1. The summed E-state index contributed by atoms with van der Waals surface area (Å²) < 4.78 is 49.0. The Labute approximate surface area is 138 Å². The molecule has 1 aliphatic heterocycles. The van der Waals surface area contributed by atoms with Crippen molar-refractivity contribution in [1.29, 1.82) is 0 Å². The molecule has 0 saturated carbocycles. The molecule has 24 heavy (non-hydrogen) atoms. The maximum absolute atomic E-state index is 13.2. The van der Waals surface area contributed by atoms with Crippen molar-refractivity contribution in [3.63, 3.8) is 0 Å². The van der Waals surface area contributed by atoms with E-state index in [0.717, 1.165) is 11.4 Å². The Bertz CT molecular complexity index is 706. The lowest BCUT2D eigenvalue weighted by atomic mass is 9.99. The number of alkyl halides is 3. The zero-order valence-corrected chi connectivity index (χ0v) is 12.8. The Morgan fingerprint density at radius 1 is 1.50 bits per heavy atom. The van der Waals surface area contributed by atoms with Crippen LogP contribution in [0, 0.1) is 12.1 Å². The van der Waals surface area contributed by atoms with Gasteiger partial charge in [-0.15, -0.1) is 0 Å². The number of nitrogens with one attached hydrogen (secondary N) is 1. The standard InChI is InChI=1S/C13H10ClF3N2O5/c1-6-2-8(14)3-7-4-9(12(20)22-5-23-19-18-21)11(13(15,16)17)24-10(6)7/h2-4,11,18H,5H2,1H3/t11-/m0/s1. The Hall–Kier alpha value is -2.49. The molecule has 11 heteroatoms. The lowest BCUT2D eigenvalue weighted by Gasteiger charge is -2.28. The van der Waals surface area contributed by atoms with Crippen molar-refractivity contribution in [3.8, 4) is 5.75 Å². The maximum atomic E-state index is 13.2. The molecule has 1 aromatic carbocycles. The lowest BCUT2D eigenvalue weighted by Crippen LogP contribution is -2.56. The zero-order valence-electron chi connectivity index (χ0n) is 12.0. The minimum Gasteiger partial charge on any atom is -0.599 e. The Balaban J connectivity index is 2.36. The van der Waals surface area contributed by atoms with Gasteiger partial charge in [0.1, 0.15) is 5.75 Å². The first-order valence-electron chi connectivity index (χ1n) is 6.35. The molecule has 1 aliphatic rings. The SMILES string of the molecule is Cc1cc(Cl)cc2c1O[C@H](C(F)(F)F)C(C(=O)OCO/N=[NH+]\[O-])=C2. The van der Waals surface area contributed by atoms with Crippen LogP contribution in [0.2, 0.25) is 5.02 Å². The molecule has 0 aliphatic carbocycles. The van der Waals surface area contributed by atoms with E-state index in [4.69, 9.17) is 16.3 Å². The molecule has 1 heterocycles. The minimum atomic E-state index is -4.85. The highest BCUT2D eigenvalue weighted by molar-refractivity contribution is 6.30. The number of hydrogen-bond donors (Lipinski definition) is 1. The number of fused-ring (bicyclic) bond motifs is 1. The monoisotopic (exact) mass is 366 g/mol. The minimum absolute atomic E-state index is 0.0277. The van der Waals surface area contributed by atoms with E-state index in [1.807, 2.05) is 0 Å². The van der Waals surface area contributed by atoms with Gasteiger partial charge in [-0.2, -0.15) is 13.2 Å². The van der Waals surface area contributed by atoms with Crippen molar-refractivity contribution in [2.45, 2.75) is 19.2 Å². The summed E-state index contributed by atoms with van der Waals surface area (Å²) in [6, 6.07) is 2.80. The van der Waals surface area contributed by atoms with Crippen molar-refractivity contribution in [3.05, 3.63) is 39.1 Å². The van der Waals surface area contributed by atoms with E-state index in [1.165, 1.54) is 19.1 Å². The molecule has 1 aromatic rings. The second kappa shape index (κ2) is 6.95. The van der Waals surface area contributed by atoms with Crippen LogP contribution in [0.3, 0.4) is 0 Å². The van der Waals surface area contributed by atoms with Crippen LogP contribution in [0.5, 0.6) is 5.75 Å². The highest BCUT2D eigenvalue weighted by Gasteiger charge is 2.49. The van der Waals surface area contributed by atoms with Gasteiger partial charge in [-0.25, -0.2) is 4.79 Å². The van der Waals surface area contributed by atoms with Gasteiger partial charge in [-0.05, 0) is 30.7 Å². The van der Waals surface area contributed by atoms with Crippen LogP contribution >= 0.6 is 11.6 Å². The second-order valence-electron chi connectivity index (χ2n) is 4.64. The molecule has 7 nitrogen and oxygen atoms in total. The van der Waals surface area contributed by atoms with Crippen LogP contribution in [0.1, 0.15) is 11.1 Å². The highest BCUT2D eigenvalue weighted by atomic mass is 35.5. The third kappa shape index (κ3) is 3.88. The van der Waals surface area contributed by atoms with Gasteiger partial charge in [0.05, 0.1) is 5.57 Å².